The zero-order valence-corrected chi connectivity index (χ0v) is 17.8. The van der Waals surface area contributed by atoms with Crippen LogP contribution in [0.4, 0.5) is 4.39 Å². The molecule has 1 aliphatic heterocycles. The maximum atomic E-state index is 14.3. The van der Waals surface area contributed by atoms with E-state index in [4.69, 9.17) is 4.42 Å². The fourth-order valence-electron chi connectivity index (χ4n) is 4.02. The summed E-state index contributed by atoms with van der Waals surface area (Å²) < 4.78 is 44.3. The molecule has 0 saturated carbocycles. The smallest absolute Gasteiger partial charge is 0.290 e. The molecule has 1 atom stereocenters. The Balaban J connectivity index is 1.75. The van der Waals surface area contributed by atoms with E-state index in [-0.39, 0.29) is 23.8 Å². The molecule has 1 amide bonds. The standard InChI is InChI=1S/C23H24FNO4S/c1-3-16-8-9-21-19(12-16)15(2)22(29-21)23(26)25(18-10-11-30(27,28)14-18)13-17-6-4-5-7-20(17)24/h4-9,12,18H,3,10-11,13-14H2,1-2H3/t18-/m1/s1. The van der Waals surface area contributed by atoms with E-state index in [1.54, 1.807) is 18.2 Å². The number of fused-ring (bicyclic) bond motifs is 1. The number of amides is 1. The van der Waals surface area contributed by atoms with Gasteiger partial charge in [0.25, 0.3) is 5.91 Å². The molecule has 0 unspecified atom stereocenters. The average Bonchev–Trinajstić information content (AvgIpc) is 3.25. The second-order valence-corrected chi connectivity index (χ2v) is 10.1. The van der Waals surface area contributed by atoms with Crippen molar-refractivity contribution in [2.75, 3.05) is 11.5 Å². The predicted octanol–water partition coefficient (Wildman–Crippen LogP) is 4.27. The number of hydrogen-bond acceptors (Lipinski definition) is 4. The van der Waals surface area contributed by atoms with Crippen LogP contribution in [0, 0.1) is 12.7 Å². The van der Waals surface area contributed by atoms with Crippen LogP contribution in [0.5, 0.6) is 0 Å². The summed E-state index contributed by atoms with van der Waals surface area (Å²) in [5, 5.41) is 0.864. The lowest BCUT2D eigenvalue weighted by atomic mass is 10.1. The topological polar surface area (TPSA) is 67.6 Å². The fourth-order valence-corrected chi connectivity index (χ4v) is 5.75. The van der Waals surface area contributed by atoms with Gasteiger partial charge in [-0.2, -0.15) is 0 Å². The van der Waals surface area contributed by atoms with Crippen molar-refractivity contribution in [2.24, 2.45) is 0 Å². The molecule has 1 aliphatic rings. The molecule has 1 fully saturated rings. The number of halogens is 1. The molecule has 5 nitrogen and oxygen atoms in total. The monoisotopic (exact) mass is 429 g/mol. The average molecular weight is 430 g/mol. The Labute approximate surface area is 175 Å². The van der Waals surface area contributed by atoms with Crippen LogP contribution in [0.25, 0.3) is 11.0 Å². The summed E-state index contributed by atoms with van der Waals surface area (Å²) in [4.78, 5) is 15.0. The first-order valence-corrected chi connectivity index (χ1v) is 11.9. The lowest BCUT2D eigenvalue weighted by molar-refractivity contribution is 0.0647. The third kappa shape index (κ3) is 3.86. The Hall–Kier alpha value is -2.67. The summed E-state index contributed by atoms with van der Waals surface area (Å²) in [6.07, 6.45) is 1.20. The van der Waals surface area contributed by atoms with E-state index in [1.807, 2.05) is 25.1 Å². The maximum Gasteiger partial charge on any atom is 0.290 e. The second-order valence-electron chi connectivity index (χ2n) is 7.82. The first kappa shape index (κ1) is 20.6. The van der Waals surface area contributed by atoms with E-state index in [0.29, 0.717) is 23.1 Å². The SMILES string of the molecule is CCc1ccc2oc(C(=O)N(Cc3ccccc3F)[C@@H]3CCS(=O)(=O)C3)c(C)c2c1. The highest BCUT2D eigenvalue weighted by Gasteiger charge is 2.37. The van der Waals surface area contributed by atoms with Crippen molar-refractivity contribution in [1.82, 2.24) is 4.90 Å². The van der Waals surface area contributed by atoms with Crippen LogP contribution in [0.1, 0.15) is 40.6 Å². The van der Waals surface area contributed by atoms with E-state index in [1.165, 1.54) is 11.0 Å². The minimum atomic E-state index is -3.22. The summed E-state index contributed by atoms with van der Waals surface area (Å²) in [6.45, 7) is 3.87. The zero-order chi connectivity index (χ0) is 21.5. The molecule has 7 heteroatoms. The number of furan rings is 1. The van der Waals surface area contributed by atoms with Gasteiger partial charge < -0.3 is 9.32 Å². The van der Waals surface area contributed by atoms with Crippen molar-refractivity contribution in [3.05, 3.63) is 70.7 Å². The molecule has 0 spiro atoms. The summed E-state index contributed by atoms with van der Waals surface area (Å²) in [5.41, 5.74) is 2.80. The van der Waals surface area contributed by atoms with Crippen molar-refractivity contribution < 1.29 is 22.0 Å². The molecule has 0 N–H and O–H groups in total. The third-order valence-corrected chi connectivity index (χ3v) is 7.56. The van der Waals surface area contributed by atoms with Gasteiger partial charge in [-0.25, -0.2) is 12.8 Å². The summed E-state index contributed by atoms with van der Waals surface area (Å²) >= 11 is 0. The van der Waals surface area contributed by atoms with E-state index >= 15 is 0 Å². The van der Waals surface area contributed by atoms with Gasteiger partial charge in [0, 0.05) is 29.1 Å². The summed E-state index contributed by atoms with van der Waals surface area (Å²) in [7, 11) is -3.22. The van der Waals surface area contributed by atoms with Crippen molar-refractivity contribution in [1.29, 1.82) is 0 Å². The Kier molecular flexibility index (Phi) is 5.40. The Bertz CT molecular complexity index is 1220. The molecular formula is C23H24FNO4S. The molecule has 0 aliphatic carbocycles. The van der Waals surface area contributed by atoms with Gasteiger partial charge in [-0.15, -0.1) is 0 Å². The number of benzene rings is 2. The van der Waals surface area contributed by atoms with E-state index < -0.39 is 27.6 Å². The summed E-state index contributed by atoms with van der Waals surface area (Å²) in [5.74, 6) is -0.750. The van der Waals surface area contributed by atoms with Crippen LogP contribution >= 0.6 is 0 Å². The second kappa shape index (κ2) is 7.87. The molecular weight excluding hydrogens is 405 g/mol. The van der Waals surface area contributed by atoms with Gasteiger partial charge in [0.2, 0.25) is 0 Å². The van der Waals surface area contributed by atoms with Crippen molar-refractivity contribution in [3.8, 4) is 0 Å². The molecule has 4 rings (SSSR count). The normalized spacial score (nSPS) is 18.0. The molecule has 0 bridgehead atoms. The minimum Gasteiger partial charge on any atom is -0.451 e. The van der Waals surface area contributed by atoms with Crippen molar-refractivity contribution in [2.45, 2.75) is 39.3 Å². The first-order chi connectivity index (χ1) is 14.3. The number of aryl methyl sites for hydroxylation is 2. The Morgan fingerprint density at radius 1 is 1.23 bits per heavy atom. The number of hydrogen-bond donors (Lipinski definition) is 0. The quantitative estimate of drug-likeness (QED) is 0.607. The number of rotatable bonds is 5. The molecule has 30 heavy (non-hydrogen) atoms. The molecule has 0 radical (unpaired) electrons. The van der Waals surface area contributed by atoms with Crippen LogP contribution in [0.15, 0.2) is 46.9 Å². The molecule has 1 aromatic heterocycles. The molecule has 1 saturated heterocycles. The molecule has 158 valence electrons. The lowest BCUT2D eigenvalue weighted by Crippen LogP contribution is -2.41. The van der Waals surface area contributed by atoms with Gasteiger partial charge in [-0.05, 0) is 43.5 Å². The Morgan fingerprint density at radius 3 is 2.67 bits per heavy atom. The highest BCUT2D eigenvalue weighted by Crippen LogP contribution is 2.30. The molecule has 2 heterocycles. The number of carbonyl (C=O) groups is 1. The van der Waals surface area contributed by atoms with Crippen LogP contribution < -0.4 is 0 Å². The molecule has 2 aromatic carbocycles. The Morgan fingerprint density at radius 2 is 2.00 bits per heavy atom. The van der Waals surface area contributed by atoms with Crippen LogP contribution in [-0.4, -0.2) is 36.8 Å². The minimum absolute atomic E-state index is 0.0115. The fraction of sp³-hybridized carbons (Fsp3) is 0.348. The number of nitrogens with zero attached hydrogens (tertiary/aromatic N) is 1. The van der Waals surface area contributed by atoms with Gasteiger partial charge in [-0.3, -0.25) is 4.79 Å². The molecule has 3 aromatic rings. The van der Waals surface area contributed by atoms with Crippen LogP contribution in [0.2, 0.25) is 0 Å². The van der Waals surface area contributed by atoms with Gasteiger partial charge in [0.15, 0.2) is 15.6 Å². The van der Waals surface area contributed by atoms with Gasteiger partial charge in [0.1, 0.15) is 11.4 Å². The van der Waals surface area contributed by atoms with Gasteiger partial charge in [0.05, 0.1) is 11.5 Å². The van der Waals surface area contributed by atoms with Crippen molar-refractivity contribution >= 4 is 26.7 Å². The number of sulfone groups is 1. The highest BCUT2D eigenvalue weighted by atomic mass is 32.2. The number of carbonyl (C=O) groups excluding carboxylic acids is 1. The van der Waals surface area contributed by atoms with Crippen LogP contribution in [-0.2, 0) is 22.8 Å². The lowest BCUT2D eigenvalue weighted by Gasteiger charge is -2.28. The van der Waals surface area contributed by atoms with E-state index in [2.05, 4.69) is 6.92 Å². The first-order valence-electron chi connectivity index (χ1n) is 10.1. The van der Waals surface area contributed by atoms with Gasteiger partial charge in [-0.1, -0.05) is 31.2 Å². The van der Waals surface area contributed by atoms with Crippen LogP contribution in [0.3, 0.4) is 0 Å². The van der Waals surface area contributed by atoms with Crippen molar-refractivity contribution in [3.63, 3.8) is 0 Å². The van der Waals surface area contributed by atoms with Gasteiger partial charge >= 0.3 is 0 Å². The predicted molar refractivity (Wildman–Crippen MR) is 114 cm³/mol. The van der Waals surface area contributed by atoms with E-state index in [0.717, 1.165) is 17.4 Å². The summed E-state index contributed by atoms with van der Waals surface area (Å²) in [6, 6.07) is 11.5. The zero-order valence-electron chi connectivity index (χ0n) is 17.0. The third-order valence-electron chi connectivity index (χ3n) is 5.81. The highest BCUT2D eigenvalue weighted by molar-refractivity contribution is 7.91. The largest absolute Gasteiger partial charge is 0.451 e. The van der Waals surface area contributed by atoms with E-state index in [9.17, 15) is 17.6 Å². The maximum absolute atomic E-state index is 14.3.